The van der Waals surface area contributed by atoms with E-state index in [0.29, 0.717) is 40.8 Å². The molecule has 5 rings (SSSR count). The van der Waals surface area contributed by atoms with Gasteiger partial charge in [0.1, 0.15) is 10.9 Å². The first-order valence-electron chi connectivity index (χ1n) is 12.9. The SMILES string of the molecule is CCc1nn2c(Cl)cccc2c1C(=O)NCc1ccc(C2CCN(c3ccc(OC(F)(F)F)cc3)CC2)cc1. The molecule has 1 amide bonds. The highest BCUT2D eigenvalue weighted by Crippen LogP contribution is 2.32. The number of ether oxygens (including phenoxy) is 1. The molecular weight excluding hydrogens is 529 g/mol. The first kappa shape index (κ1) is 26.9. The normalized spacial score (nSPS) is 14.5. The average Bonchev–Trinajstić information content (AvgIpc) is 3.32. The molecule has 0 bridgehead atoms. The molecule has 1 fully saturated rings. The van der Waals surface area contributed by atoms with Gasteiger partial charge in [0.25, 0.3) is 5.91 Å². The van der Waals surface area contributed by atoms with Gasteiger partial charge >= 0.3 is 6.36 Å². The fourth-order valence-corrected chi connectivity index (χ4v) is 5.29. The second-order valence-electron chi connectivity index (χ2n) is 9.55. The van der Waals surface area contributed by atoms with Gasteiger partial charge in [-0.2, -0.15) is 5.10 Å². The number of carbonyl (C=O) groups excluding carboxylic acids is 1. The number of rotatable bonds is 7. The largest absolute Gasteiger partial charge is 0.573 e. The summed E-state index contributed by atoms with van der Waals surface area (Å²) in [5.41, 5.74) is 5.05. The lowest BCUT2D eigenvalue weighted by molar-refractivity contribution is -0.274. The van der Waals surface area contributed by atoms with Crippen LogP contribution in [0.5, 0.6) is 5.75 Å². The molecular formula is C29H28ClF3N4O2. The van der Waals surface area contributed by atoms with Crippen molar-refractivity contribution < 1.29 is 22.7 Å². The summed E-state index contributed by atoms with van der Waals surface area (Å²) in [4.78, 5) is 15.2. The Morgan fingerprint density at radius 3 is 2.38 bits per heavy atom. The number of anilines is 1. The van der Waals surface area contributed by atoms with Crippen LogP contribution >= 0.6 is 11.6 Å². The van der Waals surface area contributed by atoms with Crippen molar-refractivity contribution in [1.82, 2.24) is 14.9 Å². The predicted octanol–water partition coefficient (Wildman–Crippen LogP) is 6.76. The van der Waals surface area contributed by atoms with E-state index in [0.717, 1.165) is 37.2 Å². The number of hydrogen-bond donors (Lipinski definition) is 1. The van der Waals surface area contributed by atoms with E-state index in [9.17, 15) is 18.0 Å². The van der Waals surface area contributed by atoms with E-state index in [4.69, 9.17) is 11.6 Å². The molecule has 1 aliphatic heterocycles. The van der Waals surface area contributed by atoms with Gasteiger partial charge in [0.15, 0.2) is 0 Å². The Balaban J connectivity index is 1.16. The van der Waals surface area contributed by atoms with Crippen molar-refractivity contribution in [3.8, 4) is 5.75 Å². The van der Waals surface area contributed by atoms with Crippen LogP contribution in [0.2, 0.25) is 5.15 Å². The second-order valence-corrected chi connectivity index (χ2v) is 9.94. The van der Waals surface area contributed by atoms with Crippen molar-refractivity contribution in [2.75, 3.05) is 18.0 Å². The molecule has 2 aromatic carbocycles. The number of pyridine rings is 1. The van der Waals surface area contributed by atoms with Gasteiger partial charge in [0.05, 0.1) is 16.8 Å². The second kappa shape index (κ2) is 11.2. The first-order valence-corrected chi connectivity index (χ1v) is 13.2. The van der Waals surface area contributed by atoms with Gasteiger partial charge in [-0.15, -0.1) is 13.2 Å². The molecule has 1 aliphatic rings. The molecule has 0 unspecified atom stereocenters. The summed E-state index contributed by atoms with van der Waals surface area (Å²) < 4.78 is 42.7. The molecule has 39 heavy (non-hydrogen) atoms. The summed E-state index contributed by atoms with van der Waals surface area (Å²) in [6.45, 7) is 3.97. The Kier molecular flexibility index (Phi) is 7.70. The van der Waals surface area contributed by atoms with E-state index in [1.54, 1.807) is 22.7 Å². The maximum atomic E-state index is 13.1. The highest BCUT2D eigenvalue weighted by Gasteiger charge is 2.31. The highest BCUT2D eigenvalue weighted by atomic mass is 35.5. The Morgan fingerprint density at radius 1 is 1.05 bits per heavy atom. The fourth-order valence-electron chi connectivity index (χ4n) is 5.09. The van der Waals surface area contributed by atoms with Crippen LogP contribution in [-0.2, 0) is 13.0 Å². The predicted molar refractivity (Wildman–Crippen MR) is 145 cm³/mol. The molecule has 4 aromatic rings. The molecule has 0 spiro atoms. The van der Waals surface area contributed by atoms with Crippen LogP contribution in [-0.4, -0.2) is 35.0 Å². The number of aryl methyl sites for hydroxylation is 1. The minimum absolute atomic E-state index is 0.182. The molecule has 6 nitrogen and oxygen atoms in total. The van der Waals surface area contributed by atoms with Crippen molar-refractivity contribution >= 4 is 28.7 Å². The summed E-state index contributed by atoms with van der Waals surface area (Å²) in [5, 5.41) is 7.95. The minimum atomic E-state index is -4.69. The van der Waals surface area contributed by atoms with Crippen molar-refractivity contribution in [2.24, 2.45) is 0 Å². The molecule has 3 heterocycles. The van der Waals surface area contributed by atoms with Gasteiger partial charge in [0, 0.05) is 25.3 Å². The third kappa shape index (κ3) is 6.14. The van der Waals surface area contributed by atoms with Gasteiger partial charge in [-0.1, -0.05) is 48.9 Å². The van der Waals surface area contributed by atoms with Gasteiger partial charge in [-0.25, -0.2) is 4.52 Å². The summed E-state index contributed by atoms with van der Waals surface area (Å²) >= 11 is 6.25. The number of hydrogen-bond acceptors (Lipinski definition) is 4. The standard InChI is InChI=1S/C29H28ClF3N4O2/c1-2-24-27(25-4-3-5-26(30)37(25)35-24)28(38)34-18-19-6-8-20(9-7-19)21-14-16-36(17-15-21)22-10-12-23(13-11-22)39-29(31,32)33/h3-13,21H,2,14-18H2,1H3,(H,34,38). The molecule has 0 radical (unpaired) electrons. The summed E-state index contributed by atoms with van der Waals surface area (Å²) in [6.07, 6.45) is -2.20. The fraction of sp³-hybridized carbons (Fsp3) is 0.310. The van der Waals surface area contributed by atoms with Crippen LogP contribution in [0.25, 0.3) is 5.52 Å². The molecule has 2 aromatic heterocycles. The van der Waals surface area contributed by atoms with E-state index in [1.165, 1.54) is 17.7 Å². The number of piperidine rings is 1. The smallest absolute Gasteiger partial charge is 0.406 e. The van der Waals surface area contributed by atoms with Crippen molar-refractivity contribution in [1.29, 1.82) is 0 Å². The summed E-state index contributed by atoms with van der Waals surface area (Å²) in [6, 6.07) is 19.7. The Labute approximate surface area is 229 Å². The summed E-state index contributed by atoms with van der Waals surface area (Å²) in [7, 11) is 0. The molecule has 10 heteroatoms. The number of nitrogens with zero attached hydrogens (tertiary/aromatic N) is 3. The number of carbonyl (C=O) groups is 1. The van der Waals surface area contributed by atoms with Gasteiger partial charge in [-0.3, -0.25) is 4.79 Å². The lowest BCUT2D eigenvalue weighted by Gasteiger charge is -2.34. The monoisotopic (exact) mass is 556 g/mol. The van der Waals surface area contributed by atoms with Gasteiger partial charge < -0.3 is 15.0 Å². The third-order valence-corrected chi connectivity index (χ3v) is 7.37. The number of amides is 1. The number of alkyl halides is 3. The maximum Gasteiger partial charge on any atom is 0.573 e. The topological polar surface area (TPSA) is 58.9 Å². The first-order chi connectivity index (χ1) is 18.7. The number of benzene rings is 2. The minimum Gasteiger partial charge on any atom is -0.406 e. The van der Waals surface area contributed by atoms with Crippen LogP contribution in [0.15, 0.2) is 66.7 Å². The highest BCUT2D eigenvalue weighted by molar-refractivity contribution is 6.29. The Hall–Kier alpha value is -3.72. The molecule has 1 N–H and O–H groups in total. The number of aromatic nitrogens is 2. The lowest BCUT2D eigenvalue weighted by atomic mass is 9.89. The molecule has 0 atom stereocenters. The van der Waals surface area contributed by atoms with E-state index in [-0.39, 0.29) is 11.7 Å². The molecule has 0 saturated carbocycles. The summed E-state index contributed by atoms with van der Waals surface area (Å²) in [5.74, 6) is -0.00164. The van der Waals surface area contributed by atoms with E-state index >= 15 is 0 Å². The van der Waals surface area contributed by atoms with E-state index in [2.05, 4.69) is 32.2 Å². The van der Waals surface area contributed by atoms with E-state index < -0.39 is 6.36 Å². The Morgan fingerprint density at radius 2 is 1.74 bits per heavy atom. The molecule has 1 saturated heterocycles. The lowest BCUT2D eigenvalue weighted by Crippen LogP contribution is -2.32. The zero-order valence-electron chi connectivity index (χ0n) is 21.3. The van der Waals surface area contributed by atoms with Crippen LogP contribution in [0.3, 0.4) is 0 Å². The van der Waals surface area contributed by atoms with Gasteiger partial charge in [-0.05, 0) is 72.7 Å². The third-order valence-electron chi connectivity index (χ3n) is 7.08. The quantitative estimate of drug-likeness (QED) is 0.255. The van der Waals surface area contributed by atoms with Gasteiger partial charge in [0.2, 0.25) is 0 Å². The molecule has 204 valence electrons. The average molecular weight is 557 g/mol. The van der Waals surface area contributed by atoms with Crippen LogP contribution in [0.1, 0.15) is 52.9 Å². The van der Waals surface area contributed by atoms with Crippen molar-refractivity contribution in [2.45, 2.75) is 45.0 Å². The van der Waals surface area contributed by atoms with Crippen molar-refractivity contribution in [3.63, 3.8) is 0 Å². The number of fused-ring (bicyclic) bond motifs is 1. The number of nitrogens with one attached hydrogen (secondary N) is 1. The van der Waals surface area contributed by atoms with Crippen LogP contribution < -0.4 is 15.0 Å². The maximum absolute atomic E-state index is 13.1. The van der Waals surface area contributed by atoms with E-state index in [1.807, 2.05) is 31.2 Å². The molecule has 0 aliphatic carbocycles. The van der Waals surface area contributed by atoms with Crippen LogP contribution in [0, 0.1) is 0 Å². The van der Waals surface area contributed by atoms with Crippen molar-refractivity contribution in [3.05, 3.63) is 94.3 Å². The number of halogens is 4. The zero-order chi connectivity index (χ0) is 27.6. The zero-order valence-corrected chi connectivity index (χ0v) is 22.1. The van der Waals surface area contributed by atoms with Crippen LogP contribution in [0.4, 0.5) is 18.9 Å². The Bertz CT molecular complexity index is 1440.